The van der Waals surface area contributed by atoms with Gasteiger partial charge in [-0.2, -0.15) is 13.2 Å². The smallest absolute Gasteiger partial charge is 0.471 e. The van der Waals surface area contributed by atoms with Crippen LogP contribution < -0.4 is 10.1 Å². The SMILES string of the molecule is O=Cc1c(Br)cc(OCc2ccccc2)c(NC(=O)C(F)(F)F)c1F. The maximum Gasteiger partial charge on any atom is 0.471 e. The van der Waals surface area contributed by atoms with Gasteiger partial charge < -0.3 is 10.1 Å². The quantitative estimate of drug-likeness (QED) is 0.574. The number of hydrogen-bond donors (Lipinski definition) is 1. The zero-order chi connectivity index (χ0) is 18.6. The van der Waals surface area contributed by atoms with Crippen molar-refractivity contribution in [3.63, 3.8) is 0 Å². The Morgan fingerprint density at radius 2 is 1.88 bits per heavy atom. The predicted molar refractivity (Wildman–Crippen MR) is 84.9 cm³/mol. The fourth-order valence-corrected chi connectivity index (χ4v) is 2.35. The average molecular weight is 420 g/mol. The normalized spacial score (nSPS) is 11.1. The van der Waals surface area contributed by atoms with Gasteiger partial charge in [0.25, 0.3) is 0 Å². The van der Waals surface area contributed by atoms with Crippen LogP contribution in [-0.2, 0) is 11.4 Å². The number of alkyl halides is 3. The summed E-state index contributed by atoms with van der Waals surface area (Å²) in [6.45, 7) is -0.0813. The molecule has 25 heavy (non-hydrogen) atoms. The van der Waals surface area contributed by atoms with Gasteiger partial charge in [0, 0.05) is 4.47 Å². The number of rotatable bonds is 5. The molecule has 0 aliphatic carbocycles. The van der Waals surface area contributed by atoms with Crippen molar-refractivity contribution in [2.75, 3.05) is 5.32 Å². The van der Waals surface area contributed by atoms with E-state index in [1.165, 1.54) is 5.32 Å². The van der Waals surface area contributed by atoms with Crippen LogP contribution in [-0.4, -0.2) is 18.4 Å². The molecular weight excluding hydrogens is 410 g/mol. The molecule has 2 rings (SSSR count). The number of hydrogen-bond acceptors (Lipinski definition) is 3. The van der Waals surface area contributed by atoms with Gasteiger partial charge in [0.2, 0.25) is 0 Å². The molecule has 132 valence electrons. The number of anilines is 1. The standard InChI is InChI=1S/C16H10BrF4NO3/c17-11-6-12(25-8-9-4-2-1-3-5-9)14(13(18)10(11)7-23)22-15(24)16(19,20)21/h1-7H,8H2,(H,22,24). The Hall–Kier alpha value is -2.42. The third kappa shape index (κ3) is 4.56. The predicted octanol–water partition coefficient (Wildman–Crippen LogP) is 4.48. The van der Waals surface area contributed by atoms with E-state index in [-0.39, 0.29) is 23.1 Å². The first-order chi connectivity index (χ1) is 11.7. The number of amides is 1. The van der Waals surface area contributed by atoms with Crippen LogP contribution in [0.4, 0.5) is 23.2 Å². The van der Waals surface area contributed by atoms with Crippen LogP contribution in [0.5, 0.6) is 5.75 Å². The molecule has 0 fully saturated rings. The number of benzene rings is 2. The minimum absolute atomic E-state index is 0.0203. The van der Waals surface area contributed by atoms with E-state index in [1.807, 2.05) is 0 Å². The molecule has 1 N–H and O–H groups in total. The van der Waals surface area contributed by atoms with E-state index >= 15 is 0 Å². The molecule has 0 bridgehead atoms. The van der Waals surface area contributed by atoms with Crippen LogP contribution >= 0.6 is 15.9 Å². The van der Waals surface area contributed by atoms with Gasteiger partial charge in [0.15, 0.2) is 12.1 Å². The van der Waals surface area contributed by atoms with Crippen LogP contribution in [0.2, 0.25) is 0 Å². The lowest BCUT2D eigenvalue weighted by molar-refractivity contribution is -0.167. The van der Waals surface area contributed by atoms with Gasteiger partial charge in [-0.3, -0.25) is 9.59 Å². The molecule has 0 saturated carbocycles. The number of carbonyl (C=O) groups excluding carboxylic acids is 2. The molecule has 0 atom stereocenters. The molecule has 0 aliphatic rings. The lowest BCUT2D eigenvalue weighted by Gasteiger charge is -2.16. The van der Waals surface area contributed by atoms with E-state index < -0.39 is 29.2 Å². The second-order valence-electron chi connectivity index (χ2n) is 4.80. The summed E-state index contributed by atoms with van der Waals surface area (Å²) in [7, 11) is 0. The Morgan fingerprint density at radius 3 is 2.44 bits per heavy atom. The van der Waals surface area contributed by atoms with E-state index in [9.17, 15) is 27.2 Å². The minimum Gasteiger partial charge on any atom is -0.487 e. The zero-order valence-electron chi connectivity index (χ0n) is 12.4. The highest BCUT2D eigenvalue weighted by molar-refractivity contribution is 9.10. The molecule has 0 unspecified atom stereocenters. The molecule has 1 amide bonds. The number of carbonyl (C=O) groups is 2. The molecule has 9 heteroatoms. The maximum atomic E-state index is 14.3. The minimum atomic E-state index is -5.22. The van der Waals surface area contributed by atoms with Crippen molar-refractivity contribution in [3.05, 3.63) is 57.8 Å². The third-order valence-corrected chi connectivity index (χ3v) is 3.72. The van der Waals surface area contributed by atoms with Gasteiger partial charge in [-0.05, 0) is 27.6 Å². The molecule has 2 aromatic carbocycles. The Kier molecular flexibility index (Phi) is 5.78. The maximum absolute atomic E-state index is 14.3. The molecule has 0 spiro atoms. The van der Waals surface area contributed by atoms with E-state index in [2.05, 4.69) is 15.9 Å². The lowest BCUT2D eigenvalue weighted by Crippen LogP contribution is -2.30. The van der Waals surface area contributed by atoms with E-state index in [0.717, 1.165) is 6.07 Å². The van der Waals surface area contributed by atoms with Gasteiger partial charge >= 0.3 is 12.1 Å². The van der Waals surface area contributed by atoms with Crippen LogP contribution in [0.1, 0.15) is 15.9 Å². The second kappa shape index (κ2) is 7.64. The fraction of sp³-hybridized carbons (Fsp3) is 0.125. The molecular formula is C16H10BrF4NO3. The number of aldehydes is 1. The van der Waals surface area contributed by atoms with Gasteiger partial charge in [-0.25, -0.2) is 4.39 Å². The van der Waals surface area contributed by atoms with Gasteiger partial charge in [-0.1, -0.05) is 30.3 Å². The monoisotopic (exact) mass is 419 g/mol. The summed E-state index contributed by atoms with van der Waals surface area (Å²) in [5.74, 6) is -4.06. The average Bonchev–Trinajstić information content (AvgIpc) is 2.56. The summed E-state index contributed by atoms with van der Waals surface area (Å²) in [5.41, 5.74) is -0.723. The Balaban J connectivity index is 2.39. The largest absolute Gasteiger partial charge is 0.487 e. The van der Waals surface area contributed by atoms with Crippen molar-refractivity contribution in [3.8, 4) is 5.75 Å². The van der Waals surface area contributed by atoms with Crippen LogP contribution in [0.15, 0.2) is 40.9 Å². The first kappa shape index (κ1) is 18.9. The first-order valence-corrected chi connectivity index (χ1v) is 7.55. The first-order valence-electron chi connectivity index (χ1n) is 6.76. The van der Waals surface area contributed by atoms with Crippen LogP contribution in [0.3, 0.4) is 0 Å². The second-order valence-corrected chi connectivity index (χ2v) is 5.66. The Labute approximate surface area is 147 Å². The molecule has 0 saturated heterocycles. The Bertz CT molecular complexity index is 794. The van der Waals surface area contributed by atoms with Crippen molar-refractivity contribution in [1.29, 1.82) is 0 Å². The van der Waals surface area contributed by atoms with Crippen LogP contribution in [0.25, 0.3) is 0 Å². The van der Waals surface area contributed by atoms with Crippen molar-refractivity contribution >= 4 is 33.8 Å². The summed E-state index contributed by atoms with van der Waals surface area (Å²) in [4.78, 5) is 22.1. The van der Waals surface area contributed by atoms with E-state index in [1.54, 1.807) is 30.3 Å². The topological polar surface area (TPSA) is 55.4 Å². The van der Waals surface area contributed by atoms with Gasteiger partial charge in [0.05, 0.1) is 5.56 Å². The van der Waals surface area contributed by atoms with Crippen molar-refractivity contribution in [2.45, 2.75) is 12.8 Å². The van der Waals surface area contributed by atoms with Crippen molar-refractivity contribution in [2.24, 2.45) is 0 Å². The summed E-state index contributed by atoms with van der Waals surface area (Å²) in [6.07, 6.45) is -5.11. The highest BCUT2D eigenvalue weighted by Gasteiger charge is 2.40. The molecule has 2 aromatic rings. The molecule has 0 radical (unpaired) electrons. The highest BCUT2D eigenvalue weighted by Crippen LogP contribution is 2.36. The van der Waals surface area contributed by atoms with Crippen molar-refractivity contribution < 1.29 is 31.9 Å². The summed E-state index contributed by atoms with van der Waals surface area (Å²) < 4.78 is 57.0. The molecule has 0 aromatic heterocycles. The van der Waals surface area contributed by atoms with Crippen LogP contribution in [0, 0.1) is 5.82 Å². The fourth-order valence-electron chi connectivity index (χ4n) is 1.87. The van der Waals surface area contributed by atoms with E-state index in [4.69, 9.17) is 4.74 Å². The summed E-state index contributed by atoms with van der Waals surface area (Å²) in [6, 6.07) is 9.70. The zero-order valence-corrected chi connectivity index (χ0v) is 13.9. The van der Waals surface area contributed by atoms with Crippen molar-refractivity contribution in [1.82, 2.24) is 0 Å². The Morgan fingerprint density at radius 1 is 1.24 bits per heavy atom. The number of ether oxygens (including phenoxy) is 1. The van der Waals surface area contributed by atoms with Gasteiger partial charge in [0.1, 0.15) is 18.0 Å². The number of nitrogens with one attached hydrogen (secondary N) is 1. The van der Waals surface area contributed by atoms with Gasteiger partial charge in [-0.15, -0.1) is 0 Å². The lowest BCUT2D eigenvalue weighted by atomic mass is 10.1. The molecule has 4 nitrogen and oxygen atoms in total. The highest BCUT2D eigenvalue weighted by atomic mass is 79.9. The summed E-state index contributed by atoms with van der Waals surface area (Å²) >= 11 is 2.94. The number of halogens is 5. The molecule has 0 aliphatic heterocycles. The third-order valence-electron chi connectivity index (χ3n) is 3.07. The van der Waals surface area contributed by atoms with E-state index in [0.29, 0.717) is 5.56 Å². The summed E-state index contributed by atoms with van der Waals surface area (Å²) in [5, 5.41) is 1.41. The molecule has 0 heterocycles.